The topological polar surface area (TPSA) is 38.5 Å². The van der Waals surface area contributed by atoms with Crippen LogP contribution in [0.15, 0.2) is 104 Å². The molecule has 0 aliphatic carbocycles. The maximum atomic E-state index is 4.76. The predicted octanol–water partition coefficient (Wildman–Crippen LogP) is 5.08. The Morgan fingerprint density at radius 2 is 1.37 bits per heavy atom. The molecule has 0 radical (unpaired) electrons. The van der Waals surface area contributed by atoms with E-state index in [1.165, 1.54) is 5.56 Å². The first-order chi connectivity index (χ1) is 14.8. The number of hydrogen-bond acceptors (Lipinski definition) is 1. The number of nitrogens with one attached hydrogen (secondary N) is 1. The Balaban J connectivity index is 1.67. The fraction of sp³-hybridized carbons (Fsp3) is 0.0400. The third kappa shape index (κ3) is 3.50. The molecule has 0 amide bonds. The third-order valence-electron chi connectivity index (χ3n) is 5.14. The Morgan fingerprint density at radius 1 is 0.767 bits per heavy atom. The fourth-order valence-electron chi connectivity index (χ4n) is 3.67. The molecule has 0 spiro atoms. The number of H-pyrrole nitrogens is 1. The molecule has 0 atom stereocenters. The molecule has 5 aromatic rings. The van der Waals surface area contributed by atoms with Gasteiger partial charge in [-0.3, -0.25) is 0 Å². The summed E-state index contributed by atoms with van der Waals surface area (Å²) >= 11 is 3.23. The second kappa shape index (κ2) is 8.15. The minimum atomic E-state index is 0.759. The molecule has 0 aliphatic heterocycles. The predicted molar refractivity (Wildman–Crippen MR) is 121 cm³/mol. The van der Waals surface area contributed by atoms with Gasteiger partial charge in [-0.15, -0.1) is 0 Å². The van der Waals surface area contributed by atoms with Crippen LogP contribution in [0.25, 0.3) is 28.1 Å². The summed E-state index contributed by atoms with van der Waals surface area (Å²) in [5, 5.41) is 4.76. The van der Waals surface area contributed by atoms with Crippen LogP contribution in [0.4, 0.5) is 0 Å². The van der Waals surface area contributed by atoms with Crippen LogP contribution in [-0.4, -0.2) is 34.9 Å². The molecular weight excluding hydrogens is 435 g/mol. The Morgan fingerprint density at radius 3 is 2.03 bits per heavy atom. The zero-order chi connectivity index (χ0) is 20.3. The van der Waals surface area contributed by atoms with Crippen molar-refractivity contribution in [1.82, 2.24) is 19.3 Å². The number of nitrogens with zero attached hydrogens (tertiary/aromatic N) is 3. The van der Waals surface area contributed by atoms with Crippen molar-refractivity contribution in [3.63, 3.8) is 0 Å². The second-order valence-corrected chi connectivity index (χ2v) is 7.86. The molecule has 0 fully saturated rings. The SMILES string of the molecule is [Se]=c1n(Cc2ccccc2)cnn1-c1c(-c2ccccc2)c[nH]c1-c1ccccc1. The van der Waals surface area contributed by atoms with E-state index in [1.807, 2.05) is 29.2 Å². The van der Waals surface area contributed by atoms with Gasteiger partial charge in [0.2, 0.25) is 0 Å². The first-order valence-electron chi connectivity index (χ1n) is 9.82. The first kappa shape index (κ1) is 18.6. The van der Waals surface area contributed by atoms with E-state index in [1.54, 1.807) is 0 Å². The summed E-state index contributed by atoms with van der Waals surface area (Å²) in [7, 11) is 0. The average Bonchev–Trinajstić information content (AvgIpc) is 3.39. The average molecular weight is 455 g/mol. The van der Waals surface area contributed by atoms with Crippen LogP contribution in [0.1, 0.15) is 5.56 Å². The van der Waals surface area contributed by atoms with E-state index in [0.717, 1.165) is 38.9 Å². The van der Waals surface area contributed by atoms with Crippen LogP contribution in [0.5, 0.6) is 0 Å². The van der Waals surface area contributed by atoms with Crippen LogP contribution >= 0.6 is 0 Å². The third-order valence-corrected chi connectivity index (χ3v) is 6.00. The second-order valence-electron chi connectivity index (χ2n) is 7.10. The molecule has 2 aromatic heterocycles. The Kier molecular flexibility index (Phi) is 5.06. The van der Waals surface area contributed by atoms with Crippen molar-refractivity contribution in [2.24, 2.45) is 0 Å². The molecule has 2 heterocycles. The molecule has 5 rings (SSSR count). The van der Waals surface area contributed by atoms with Crippen molar-refractivity contribution in [3.05, 3.63) is 113 Å². The van der Waals surface area contributed by atoms with E-state index < -0.39 is 0 Å². The first-order valence-corrected chi connectivity index (χ1v) is 10.7. The molecule has 0 bridgehead atoms. The van der Waals surface area contributed by atoms with Crippen LogP contribution in [0.2, 0.25) is 0 Å². The van der Waals surface area contributed by atoms with Crippen molar-refractivity contribution in [3.8, 4) is 28.1 Å². The van der Waals surface area contributed by atoms with Gasteiger partial charge in [-0.05, 0) is 0 Å². The van der Waals surface area contributed by atoms with Gasteiger partial charge in [0.15, 0.2) is 0 Å². The summed E-state index contributed by atoms with van der Waals surface area (Å²) in [6.07, 6.45) is 3.95. The van der Waals surface area contributed by atoms with Crippen molar-refractivity contribution in [2.45, 2.75) is 6.54 Å². The van der Waals surface area contributed by atoms with Crippen molar-refractivity contribution in [2.75, 3.05) is 0 Å². The zero-order valence-electron chi connectivity index (χ0n) is 16.3. The van der Waals surface area contributed by atoms with Crippen molar-refractivity contribution >= 4 is 15.6 Å². The van der Waals surface area contributed by atoms with Crippen LogP contribution in [-0.2, 0) is 6.54 Å². The van der Waals surface area contributed by atoms with Gasteiger partial charge < -0.3 is 0 Å². The molecule has 5 heteroatoms. The Labute approximate surface area is 182 Å². The summed E-state index contributed by atoms with van der Waals surface area (Å²) in [5.41, 5.74) is 6.70. The van der Waals surface area contributed by atoms with E-state index in [-0.39, 0.29) is 0 Å². The number of aromatic amines is 1. The van der Waals surface area contributed by atoms with E-state index in [2.05, 4.69) is 104 Å². The quantitative estimate of drug-likeness (QED) is 0.369. The molecule has 3 aromatic carbocycles. The number of benzene rings is 3. The molecule has 4 nitrogen and oxygen atoms in total. The molecular formula is C25H20N4Se. The monoisotopic (exact) mass is 456 g/mol. The van der Waals surface area contributed by atoms with Crippen molar-refractivity contribution < 1.29 is 0 Å². The fourth-order valence-corrected chi connectivity index (χ4v) is 4.20. The van der Waals surface area contributed by atoms with Crippen LogP contribution in [0, 0.1) is 4.32 Å². The molecule has 1 N–H and O–H groups in total. The number of rotatable bonds is 5. The Hall–Kier alpha value is -3.40. The van der Waals surface area contributed by atoms with Gasteiger partial charge in [0.05, 0.1) is 0 Å². The summed E-state index contributed by atoms with van der Waals surface area (Å²) < 4.78 is 5.07. The molecule has 0 saturated carbocycles. The van der Waals surface area contributed by atoms with Gasteiger partial charge in [0, 0.05) is 0 Å². The summed E-state index contributed by atoms with van der Waals surface area (Å²) in [5.74, 6) is 0. The van der Waals surface area contributed by atoms with Gasteiger partial charge in [0.1, 0.15) is 0 Å². The minimum absolute atomic E-state index is 0.759. The van der Waals surface area contributed by atoms with E-state index in [0.29, 0.717) is 0 Å². The molecule has 0 aliphatic rings. The van der Waals surface area contributed by atoms with Crippen LogP contribution in [0.3, 0.4) is 0 Å². The van der Waals surface area contributed by atoms with Gasteiger partial charge >= 0.3 is 183 Å². The van der Waals surface area contributed by atoms with E-state index in [4.69, 9.17) is 5.10 Å². The van der Waals surface area contributed by atoms with Gasteiger partial charge in [-0.2, -0.15) is 0 Å². The maximum absolute atomic E-state index is 4.76. The molecule has 30 heavy (non-hydrogen) atoms. The van der Waals surface area contributed by atoms with Gasteiger partial charge in [-0.25, -0.2) is 0 Å². The van der Waals surface area contributed by atoms with Gasteiger partial charge in [-0.1, -0.05) is 0 Å². The van der Waals surface area contributed by atoms with Crippen molar-refractivity contribution in [1.29, 1.82) is 0 Å². The summed E-state index contributed by atoms with van der Waals surface area (Å²) in [6, 6.07) is 31.2. The standard InChI is InChI=1S/C25H20N4Se/c30-25-28(17-19-10-4-1-5-11-19)18-27-29(25)24-22(20-12-6-2-7-13-20)16-26-23(24)21-14-8-3-9-15-21/h1-16,18,26H,17H2. The molecule has 0 saturated heterocycles. The van der Waals surface area contributed by atoms with Crippen LogP contribution < -0.4 is 0 Å². The molecule has 146 valence electrons. The summed E-state index contributed by atoms with van der Waals surface area (Å²) in [6.45, 7) is 0.759. The zero-order valence-corrected chi connectivity index (χ0v) is 18.0. The Bertz CT molecular complexity index is 1260. The molecule has 0 unspecified atom stereocenters. The number of aromatic nitrogens is 4. The summed E-state index contributed by atoms with van der Waals surface area (Å²) in [4.78, 5) is 3.49. The van der Waals surface area contributed by atoms with E-state index >= 15 is 0 Å². The number of hydrogen-bond donors (Lipinski definition) is 1. The van der Waals surface area contributed by atoms with Gasteiger partial charge in [0.25, 0.3) is 0 Å². The normalized spacial score (nSPS) is 10.9. The van der Waals surface area contributed by atoms with E-state index in [9.17, 15) is 0 Å².